The van der Waals surface area contributed by atoms with Crippen LogP contribution in [0.2, 0.25) is 0 Å². The van der Waals surface area contributed by atoms with Gasteiger partial charge in [0, 0.05) is 12.3 Å². The van der Waals surface area contributed by atoms with E-state index < -0.39 is 11.8 Å². The van der Waals surface area contributed by atoms with Crippen molar-refractivity contribution < 1.29 is 19.4 Å². The number of hydrogen-bond donors (Lipinski definition) is 1. The van der Waals surface area contributed by atoms with Crippen molar-refractivity contribution in [2.24, 2.45) is 5.92 Å². The number of ketones is 1. The van der Waals surface area contributed by atoms with Crippen molar-refractivity contribution in [3.63, 3.8) is 0 Å². The van der Waals surface area contributed by atoms with Gasteiger partial charge >= 0.3 is 5.97 Å². The summed E-state index contributed by atoms with van der Waals surface area (Å²) in [4.78, 5) is 22.4. The molecule has 1 rings (SSSR count). The van der Waals surface area contributed by atoms with Crippen molar-refractivity contribution in [3.8, 4) is 0 Å². The van der Waals surface area contributed by atoms with Gasteiger partial charge in [0.2, 0.25) is 5.78 Å². The fraction of sp³-hybridized carbons (Fsp3) is 0.810. The number of esters is 1. The van der Waals surface area contributed by atoms with Gasteiger partial charge in [-0.1, -0.05) is 57.1 Å². The number of methoxy groups -OCH3 is 1. The zero-order valence-corrected chi connectivity index (χ0v) is 16.1. The number of hydrogen-bond acceptors (Lipinski definition) is 4. The van der Waals surface area contributed by atoms with Crippen molar-refractivity contribution >= 4 is 11.8 Å². The number of carbonyl (C=O) groups excluding carboxylic acids is 2. The summed E-state index contributed by atoms with van der Waals surface area (Å²) < 4.78 is 4.42. The van der Waals surface area contributed by atoms with Gasteiger partial charge in [0.05, 0.1) is 13.2 Å². The monoisotopic (exact) mass is 352 g/mol. The van der Waals surface area contributed by atoms with Gasteiger partial charge in [-0.2, -0.15) is 0 Å². The molecule has 0 aliphatic heterocycles. The fourth-order valence-electron chi connectivity index (χ4n) is 3.66. The molecule has 1 fully saturated rings. The minimum absolute atomic E-state index is 0.206. The van der Waals surface area contributed by atoms with E-state index in [2.05, 4.69) is 17.7 Å². The van der Waals surface area contributed by atoms with Crippen LogP contribution in [-0.2, 0) is 14.3 Å². The maximum absolute atomic E-state index is 11.4. The second kappa shape index (κ2) is 13.1. The number of aliphatic hydroxyl groups excluding tert-OH is 1. The van der Waals surface area contributed by atoms with Crippen molar-refractivity contribution in [1.29, 1.82) is 0 Å². The van der Waals surface area contributed by atoms with Gasteiger partial charge in [-0.3, -0.25) is 4.79 Å². The lowest BCUT2D eigenvalue weighted by Crippen LogP contribution is -2.15. The highest BCUT2D eigenvalue weighted by Crippen LogP contribution is 2.35. The summed E-state index contributed by atoms with van der Waals surface area (Å²) in [7, 11) is 1.24. The lowest BCUT2D eigenvalue weighted by Gasteiger charge is -2.16. The highest BCUT2D eigenvalue weighted by Gasteiger charge is 2.28. The fourth-order valence-corrected chi connectivity index (χ4v) is 3.66. The van der Waals surface area contributed by atoms with Crippen LogP contribution in [0.4, 0.5) is 0 Å². The summed E-state index contributed by atoms with van der Waals surface area (Å²) in [6.45, 7) is 2.23. The highest BCUT2D eigenvalue weighted by atomic mass is 16.5. The molecule has 0 aromatic carbocycles. The summed E-state index contributed by atoms with van der Waals surface area (Å²) in [5.41, 5.74) is 1.44. The van der Waals surface area contributed by atoms with Gasteiger partial charge in [0.15, 0.2) is 0 Å². The Bertz CT molecular complexity index is 428. The third-order valence-electron chi connectivity index (χ3n) is 5.22. The van der Waals surface area contributed by atoms with Crippen LogP contribution in [0.25, 0.3) is 0 Å². The number of unbranched alkanes of at least 4 members (excludes halogenated alkanes) is 7. The molecule has 1 aliphatic rings. The van der Waals surface area contributed by atoms with Crippen molar-refractivity contribution in [2.45, 2.75) is 96.5 Å². The predicted octanol–water partition coefficient (Wildman–Crippen LogP) is 4.74. The molecule has 4 heteroatoms. The van der Waals surface area contributed by atoms with E-state index in [1.54, 1.807) is 0 Å². The Labute approximate surface area is 153 Å². The Morgan fingerprint density at radius 3 is 2.56 bits per heavy atom. The van der Waals surface area contributed by atoms with Crippen LogP contribution in [-0.4, -0.2) is 30.1 Å². The van der Waals surface area contributed by atoms with E-state index in [0.29, 0.717) is 12.3 Å². The topological polar surface area (TPSA) is 63.6 Å². The molecule has 0 aromatic rings. The Hall–Kier alpha value is -1.16. The molecule has 0 bridgehead atoms. The molecular formula is C21H36O4. The van der Waals surface area contributed by atoms with Gasteiger partial charge in [0.1, 0.15) is 0 Å². The largest absolute Gasteiger partial charge is 0.463 e. The molecule has 2 atom stereocenters. The Kier molecular flexibility index (Phi) is 11.5. The summed E-state index contributed by atoms with van der Waals surface area (Å²) in [5, 5.41) is 10.2. The van der Waals surface area contributed by atoms with Crippen molar-refractivity contribution in [2.75, 3.05) is 7.11 Å². The molecule has 0 amide bonds. The second-order valence-corrected chi connectivity index (χ2v) is 7.21. The van der Waals surface area contributed by atoms with E-state index in [1.807, 2.05) is 0 Å². The molecule has 0 radical (unpaired) electrons. The standard InChI is InChI=1S/C21H36O4/c1-3-4-5-6-7-9-12-17-15-16-19(22)18(17)13-10-8-11-14-20(23)21(24)25-2/h12,18-19,22H,3-11,13-16H2,1-2H3/t18-,19-/m1/s1. The Balaban J connectivity index is 2.23. The number of carbonyl (C=O) groups is 2. The molecule has 144 valence electrons. The molecule has 1 aliphatic carbocycles. The van der Waals surface area contributed by atoms with E-state index >= 15 is 0 Å². The molecule has 0 heterocycles. The Morgan fingerprint density at radius 1 is 1.12 bits per heavy atom. The molecule has 0 unspecified atom stereocenters. The maximum atomic E-state index is 11.4. The average Bonchev–Trinajstić information content (AvgIpc) is 2.96. The van der Waals surface area contributed by atoms with Crippen LogP contribution < -0.4 is 0 Å². The van der Waals surface area contributed by atoms with E-state index in [-0.39, 0.29) is 12.5 Å². The molecule has 1 N–H and O–H groups in total. The van der Waals surface area contributed by atoms with Crippen LogP contribution in [0.5, 0.6) is 0 Å². The predicted molar refractivity (Wildman–Crippen MR) is 100 cm³/mol. The normalized spacial score (nSPS) is 21.6. The first-order chi connectivity index (χ1) is 12.1. The van der Waals surface area contributed by atoms with Crippen LogP contribution in [0.15, 0.2) is 11.6 Å². The quantitative estimate of drug-likeness (QED) is 0.225. The van der Waals surface area contributed by atoms with E-state index in [4.69, 9.17) is 0 Å². The number of ether oxygens (including phenoxy) is 1. The molecule has 25 heavy (non-hydrogen) atoms. The van der Waals surface area contributed by atoms with Gasteiger partial charge in [-0.15, -0.1) is 0 Å². The number of allylic oxidation sites excluding steroid dienone is 1. The van der Waals surface area contributed by atoms with Gasteiger partial charge < -0.3 is 9.84 Å². The van der Waals surface area contributed by atoms with Crippen molar-refractivity contribution in [1.82, 2.24) is 0 Å². The summed E-state index contributed by atoms with van der Waals surface area (Å²) in [6, 6.07) is 0. The zero-order valence-electron chi connectivity index (χ0n) is 16.1. The third-order valence-corrected chi connectivity index (χ3v) is 5.22. The van der Waals surface area contributed by atoms with Gasteiger partial charge in [0.25, 0.3) is 0 Å². The second-order valence-electron chi connectivity index (χ2n) is 7.21. The van der Waals surface area contributed by atoms with Crippen LogP contribution in [0, 0.1) is 5.92 Å². The molecule has 4 nitrogen and oxygen atoms in total. The first-order valence-electron chi connectivity index (χ1n) is 10.1. The Morgan fingerprint density at radius 2 is 1.84 bits per heavy atom. The van der Waals surface area contributed by atoms with Crippen LogP contribution in [0.3, 0.4) is 0 Å². The molecule has 0 saturated heterocycles. The first-order valence-corrected chi connectivity index (χ1v) is 10.1. The van der Waals surface area contributed by atoms with Crippen LogP contribution in [0.1, 0.15) is 90.4 Å². The van der Waals surface area contributed by atoms with Gasteiger partial charge in [-0.05, 0) is 38.5 Å². The summed E-state index contributed by atoms with van der Waals surface area (Å²) in [5.74, 6) is -0.880. The molecule has 1 saturated carbocycles. The van der Waals surface area contributed by atoms with Crippen molar-refractivity contribution in [3.05, 3.63) is 11.6 Å². The average molecular weight is 353 g/mol. The van der Waals surface area contributed by atoms with E-state index in [9.17, 15) is 14.7 Å². The number of Topliss-reactive ketones (excluding diaryl/α,β-unsaturated/α-hetero) is 1. The summed E-state index contributed by atoms with van der Waals surface area (Å²) in [6.07, 6.45) is 15.6. The molecule has 0 spiro atoms. The van der Waals surface area contributed by atoms with Crippen LogP contribution >= 0.6 is 0 Å². The molecular weight excluding hydrogens is 316 g/mol. The zero-order chi connectivity index (χ0) is 18.5. The maximum Gasteiger partial charge on any atom is 0.374 e. The lowest BCUT2D eigenvalue weighted by molar-refractivity contribution is -0.151. The highest BCUT2D eigenvalue weighted by molar-refractivity contribution is 6.33. The number of rotatable bonds is 13. The third kappa shape index (κ3) is 8.66. The smallest absolute Gasteiger partial charge is 0.374 e. The van der Waals surface area contributed by atoms with E-state index in [0.717, 1.165) is 38.5 Å². The van der Waals surface area contributed by atoms with E-state index in [1.165, 1.54) is 44.8 Å². The first kappa shape index (κ1) is 21.9. The van der Waals surface area contributed by atoms with Gasteiger partial charge in [-0.25, -0.2) is 4.79 Å². The summed E-state index contributed by atoms with van der Waals surface area (Å²) >= 11 is 0. The number of aliphatic hydroxyl groups is 1. The lowest BCUT2D eigenvalue weighted by atomic mass is 9.92. The minimum Gasteiger partial charge on any atom is -0.463 e. The SMILES string of the molecule is CCCCCCCC=C1CC[C@@H](O)[C@@H]1CCCCCC(=O)C(=O)OC. The minimum atomic E-state index is -0.740. The molecule has 0 aromatic heterocycles.